The largest absolute Gasteiger partial charge is 0.488 e. The molecular formula is C76H97N15O10S. The fourth-order valence-electron chi connectivity index (χ4n) is 15.0. The lowest BCUT2D eigenvalue weighted by Gasteiger charge is -2.43. The number of aliphatic carboxylic acids is 1. The zero-order chi connectivity index (χ0) is 71.6. The van der Waals surface area contributed by atoms with E-state index in [9.17, 15) is 29.1 Å². The molecule has 5 aliphatic rings. The number of piperazine rings is 2. The maximum atomic E-state index is 14.3. The standard InChI is InChI=1S/C76H97N15O10S/c1-48(2)68(73(94)90-33-12-16-62(90)72(93)80-50(4)53-20-22-54(23-21-53)69-51(5)79-47-102-69)65-42-67(85-101-65)99-38-36-87-34-35-88(49(3)43-87)37-39-98-66-40-56(28-31-78-66)91-57-26-27-58(91)45-89(44-57)63-41-61(83-84-70(63)77)59-14-8-9-17-64(59)100-46-52-18-24-55(25-19-52)81-71(92)60(15-10-11-32-86(6)7)82-74(95)76(75(96)97)29-13-30-76/h8-9,14,17-25,28,31,40-42,47-50,57-58,60,62,68H,10-13,15-16,26-27,29-30,32-39,43-46H2,1-7H3,(H2,77,84)(H,80,93)(H,81,92)(H,82,95)(H,96,97)/t49-,50+,57?,58?,60+,62+,68?/m1/s1. The number of para-hydroxylation sites is 1. The van der Waals surface area contributed by atoms with Crippen LogP contribution in [0.15, 0.2) is 113 Å². The summed E-state index contributed by atoms with van der Waals surface area (Å²) in [6.07, 6.45) is 8.25. The molecule has 4 amide bonds. The zero-order valence-electron chi connectivity index (χ0n) is 59.6. The van der Waals surface area contributed by atoms with Gasteiger partial charge in [0.2, 0.25) is 29.5 Å². The SMILES string of the molecule is Cc1ncsc1-c1ccc([C@H](C)NC(=O)[C@@H]2CCCN2C(=O)C(c2cc(OCCN3CCN(CCOc4cc(N5C6CCC5CN(c5cc(-c7ccccc7OCc7ccc(NC(=O)[C@H](CCCCN(C)C)NC(=O)C8(C(=O)O)CCC8)cc7)nnc5N)C6)ccn4)[C@H](C)C3)no2)C(C)C)cc1. The molecule has 26 heteroatoms. The van der Waals surface area contributed by atoms with E-state index >= 15 is 0 Å². The number of likely N-dealkylation sites (tertiary alicyclic amines) is 1. The van der Waals surface area contributed by atoms with Gasteiger partial charge < -0.3 is 65.1 Å². The van der Waals surface area contributed by atoms with Crippen LogP contribution in [0.3, 0.4) is 0 Å². The van der Waals surface area contributed by atoms with Gasteiger partial charge in [-0.2, -0.15) is 0 Å². The van der Waals surface area contributed by atoms with Crippen molar-refractivity contribution < 1.29 is 47.8 Å². The molecule has 7 aromatic rings. The molecule has 542 valence electrons. The Labute approximate surface area is 600 Å². The van der Waals surface area contributed by atoms with Crippen LogP contribution in [-0.4, -0.2) is 196 Å². The van der Waals surface area contributed by atoms with Crippen LogP contribution in [0.1, 0.15) is 126 Å². The third kappa shape index (κ3) is 16.9. The Kier molecular flexibility index (Phi) is 23.3. The van der Waals surface area contributed by atoms with Crippen molar-refractivity contribution in [3.8, 4) is 39.2 Å². The van der Waals surface area contributed by atoms with E-state index in [0.29, 0.717) is 92.5 Å². The summed E-state index contributed by atoms with van der Waals surface area (Å²) >= 11 is 1.61. The lowest BCUT2D eigenvalue weighted by molar-refractivity contribution is -0.162. The zero-order valence-corrected chi connectivity index (χ0v) is 60.4. The van der Waals surface area contributed by atoms with Crippen molar-refractivity contribution in [2.24, 2.45) is 11.3 Å². The Bertz CT molecular complexity index is 4020. The minimum Gasteiger partial charge on any atom is -0.488 e. The number of thiazole rings is 1. The number of carbonyl (C=O) groups excluding carboxylic acids is 4. The average molecular weight is 1410 g/mol. The summed E-state index contributed by atoms with van der Waals surface area (Å²) in [6.45, 7) is 18.2. The Morgan fingerprint density at radius 3 is 2.27 bits per heavy atom. The molecule has 0 radical (unpaired) electrons. The number of fused-ring (bicyclic) bond motifs is 2. The molecule has 7 atom stereocenters. The molecule has 12 rings (SSSR count). The van der Waals surface area contributed by atoms with Gasteiger partial charge in [-0.1, -0.05) is 68.8 Å². The second kappa shape index (κ2) is 32.8. The van der Waals surface area contributed by atoms with Gasteiger partial charge in [0, 0.05) is 106 Å². The number of ether oxygens (including phenoxy) is 3. The van der Waals surface area contributed by atoms with E-state index in [-0.39, 0.29) is 61.3 Å². The molecule has 3 unspecified atom stereocenters. The molecule has 4 aromatic heterocycles. The Morgan fingerprint density at radius 2 is 1.57 bits per heavy atom. The Hall–Kier alpha value is -9.24. The van der Waals surface area contributed by atoms with Gasteiger partial charge in [-0.05, 0) is 163 Å². The first kappa shape index (κ1) is 72.5. The van der Waals surface area contributed by atoms with E-state index in [1.807, 2.05) is 108 Å². The van der Waals surface area contributed by atoms with Gasteiger partial charge in [-0.15, -0.1) is 21.5 Å². The number of pyridine rings is 1. The average Bonchev–Trinajstić information content (AvgIpc) is 1.42. The molecule has 4 aliphatic heterocycles. The molecular weight excluding hydrogens is 1310 g/mol. The molecule has 3 aromatic carbocycles. The number of carbonyl (C=O) groups is 5. The third-order valence-corrected chi connectivity index (χ3v) is 21.9. The normalized spacial score (nSPS) is 19.8. The van der Waals surface area contributed by atoms with Crippen LogP contribution < -0.4 is 45.7 Å². The topological polar surface area (TPSA) is 292 Å². The van der Waals surface area contributed by atoms with Gasteiger partial charge >= 0.3 is 5.97 Å². The maximum Gasteiger partial charge on any atom is 0.319 e. The van der Waals surface area contributed by atoms with Crippen LogP contribution in [0.5, 0.6) is 17.5 Å². The number of carboxylic acid groups (broad SMARTS) is 1. The number of hydrogen-bond acceptors (Lipinski definition) is 21. The van der Waals surface area contributed by atoms with Crippen molar-refractivity contribution in [2.45, 2.75) is 148 Å². The van der Waals surface area contributed by atoms with Gasteiger partial charge in [0.15, 0.2) is 11.6 Å². The van der Waals surface area contributed by atoms with Gasteiger partial charge in [-0.25, -0.2) is 9.97 Å². The first-order valence-electron chi connectivity index (χ1n) is 36.0. The third-order valence-electron chi connectivity index (χ3n) is 20.9. The predicted octanol–water partition coefficient (Wildman–Crippen LogP) is 9.46. The van der Waals surface area contributed by atoms with Gasteiger partial charge in [-0.3, -0.25) is 33.8 Å². The van der Waals surface area contributed by atoms with Gasteiger partial charge in [0.1, 0.15) is 49.0 Å². The number of nitrogens with two attached hydrogens (primary N) is 1. The second-order valence-electron chi connectivity index (χ2n) is 28.6. The number of aryl methyl sites for hydroxylation is 1. The fourth-order valence-corrected chi connectivity index (χ4v) is 15.8. The number of unbranched alkanes of at least 4 members (excludes halogenated alkanes) is 1. The van der Waals surface area contributed by atoms with Gasteiger partial charge in [0.25, 0.3) is 5.88 Å². The number of nitrogens with one attached hydrogen (secondary N) is 3. The number of nitrogen functional groups attached to an aromatic ring is 1. The first-order valence-corrected chi connectivity index (χ1v) is 36.9. The fraction of sp³-hybridized carbons (Fsp3) is 0.500. The summed E-state index contributed by atoms with van der Waals surface area (Å²) in [6, 6.07) is 30.1. The van der Waals surface area contributed by atoms with E-state index in [2.05, 4.69) is 97.0 Å². The molecule has 25 nitrogen and oxygen atoms in total. The highest BCUT2D eigenvalue weighted by Gasteiger charge is 2.52. The Balaban J connectivity index is 0.577. The van der Waals surface area contributed by atoms with Crippen LogP contribution >= 0.6 is 11.3 Å². The molecule has 5 fully saturated rings. The van der Waals surface area contributed by atoms with Crippen LogP contribution in [0.25, 0.3) is 21.7 Å². The number of nitrogens with zero attached hydrogens (tertiary/aromatic N) is 11. The van der Waals surface area contributed by atoms with Crippen LogP contribution in [0, 0.1) is 18.3 Å². The van der Waals surface area contributed by atoms with Crippen molar-refractivity contribution in [2.75, 3.05) is 107 Å². The first-order chi connectivity index (χ1) is 49.3. The summed E-state index contributed by atoms with van der Waals surface area (Å²) in [7, 11) is 3.96. The smallest absolute Gasteiger partial charge is 0.319 e. The molecule has 6 N–H and O–H groups in total. The quantitative estimate of drug-likeness (QED) is 0.0200. The predicted molar refractivity (Wildman–Crippen MR) is 391 cm³/mol. The lowest BCUT2D eigenvalue weighted by Crippen LogP contribution is -2.55. The number of anilines is 4. The van der Waals surface area contributed by atoms with E-state index in [0.717, 1.165) is 116 Å². The van der Waals surface area contributed by atoms with E-state index in [4.69, 9.17) is 24.5 Å². The van der Waals surface area contributed by atoms with Crippen LogP contribution in [0.4, 0.5) is 22.9 Å². The number of amides is 4. The number of carboxylic acids is 1. The van der Waals surface area contributed by atoms with E-state index < -0.39 is 41.2 Å². The molecule has 4 saturated heterocycles. The highest BCUT2D eigenvalue weighted by molar-refractivity contribution is 7.13. The molecule has 1 aliphatic carbocycles. The van der Waals surface area contributed by atoms with Crippen molar-refractivity contribution >= 4 is 63.8 Å². The number of benzene rings is 3. The molecule has 8 heterocycles. The maximum absolute atomic E-state index is 14.3. The Morgan fingerprint density at radius 1 is 0.814 bits per heavy atom. The van der Waals surface area contributed by atoms with Crippen molar-refractivity contribution in [1.82, 2.24) is 55.6 Å². The minimum atomic E-state index is -1.48. The lowest BCUT2D eigenvalue weighted by atomic mass is 9.68. The number of rotatable bonds is 31. The summed E-state index contributed by atoms with van der Waals surface area (Å²) in [5.74, 6) is -0.865. The van der Waals surface area contributed by atoms with Crippen molar-refractivity contribution in [3.63, 3.8) is 0 Å². The monoisotopic (exact) mass is 1410 g/mol. The van der Waals surface area contributed by atoms with Crippen molar-refractivity contribution in [1.29, 1.82) is 0 Å². The molecule has 102 heavy (non-hydrogen) atoms. The number of hydrogen-bond donors (Lipinski definition) is 5. The van der Waals surface area contributed by atoms with Crippen molar-refractivity contribution in [3.05, 3.63) is 131 Å². The summed E-state index contributed by atoms with van der Waals surface area (Å²) < 4.78 is 24.8. The highest BCUT2D eigenvalue weighted by Crippen LogP contribution is 2.43. The molecule has 0 spiro atoms. The minimum absolute atomic E-state index is 0.111. The van der Waals surface area contributed by atoms with Crippen LogP contribution in [0.2, 0.25) is 0 Å². The molecule has 1 saturated carbocycles. The molecule has 2 bridgehead atoms. The van der Waals surface area contributed by atoms with E-state index in [1.54, 1.807) is 34.4 Å². The summed E-state index contributed by atoms with van der Waals surface area (Å²) in [5, 5.41) is 32.0. The van der Waals surface area contributed by atoms with Gasteiger partial charge in [0.05, 0.1) is 33.5 Å². The highest BCUT2D eigenvalue weighted by atomic mass is 32.1. The second-order valence-corrected chi connectivity index (χ2v) is 29.4. The summed E-state index contributed by atoms with van der Waals surface area (Å²) in [4.78, 5) is 90.8. The van der Waals surface area contributed by atoms with Crippen LogP contribution in [-0.2, 0) is 30.6 Å². The van der Waals surface area contributed by atoms with E-state index in [1.165, 1.54) is 0 Å². The summed E-state index contributed by atoms with van der Waals surface area (Å²) in [5.41, 5.74) is 14.8. The number of aromatic nitrogens is 5.